The number of carbonyl (C=O) groups is 1. The lowest BCUT2D eigenvalue weighted by molar-refractivity contribution is -0.116. The molecule has 0 aromatic rings. The van der Waals surface area contributed by atoms with E-state index in [1.165, 1.54) is 0 Å². The van der Waals surface area contributed by atoms with Crippen molar-refractivity contribution in [2.45, 2.75) is 27.2 Å². The molecule has 0 fully saturated rings. The van der Waals surface area contributed by atoms with Crippen LogP contribution in [0.3, 0.4) is 0 Å². The molecule has 0 aliphatic heterocycles. The van der Waals surface area contributed by atoms with Crippen molar-refractivity contribution in [3.05, 3.63) is 12.2 Å². The molecule has 0 aliphatic rings. The van der Waals surface area contributed by atoms with Gasteiger partial charge in [-0.1, -0.05) is 26.8 Å². The first-order chi connectivity index (χ1) is 6.45. The zero-order chi connectivity index (χ0) is 11.0. The smallest absolute Gasteiger partial charge is 0.243 e. The zero-order valence-corrected chi connectivity index (χ0v) is 10.4. The van der Waals surface area contributed by atoms with Crippen LogP contribution in [0.15, 0.2) is 12.2 Å². The van der Waals surface area contributed by atoms with Crippen molar-refractivity contribution in [1.29, 1.82) is 0 Å². The molecule has 0 rings (SSSR count). The van der Waals surface area contributed by atoms with Crippen LogP contribution in [0.5, 0.6) is 0 Å². The summed E-state index contributed by atoms with van der Waals surface area (Å²) in [5.41, 5.74) is 0.0800. The minimum absolute atomic E-state index is 0.0148. The summed E-state index contributed by atoms with van der Waals surface area (Å²) in [5, 5.41) is 2.85. The summed E-state index contributed by atoms with van der Waals surface area (Å²) in [6.07, 6.45) is 6.66. The van der Waals surface area contributed by atoms with Crippen LogP contribution in [0.4, 0.5) is 0 Å². The van der Waals surface area contributed by atoms with Gasteiger partial charge in [-0.15, -0.1) is 0 Å². The zero-order valence-electron chi connectivity index (χ0n) is 9.59. The first-order valence-electron chi connectivity index (χ1n) is 4.92. The average molecular weight is 215 g/mol. The van der Waals surface area contributed by atoms with Crippen LogP contribution in [0.25, 0.3) is 0 Å². The fraction of sp³-hybridized carbons (Fsp3) is 0.727. The predicted molar refractivity (Wildman–Crippen MR) is 64.6 cm³/mol. The van der Waals surface area contributed by atoms with E-state index in [0.717, 1.165) is 18.7 Å². The Kier molecular flexibility index (Phi) is 6.71. The topological polar surface area (TPSA) is 29.1 Å². The van der Waals surface area contributed by atoms with Gasteiger partial charge in [-0.3, -0.25) is 4.79 Å². The van der Waals surface area contributed by atoms with E-state index in [4.69, 9.17) is 0 Å². The van der Waals surface area contributed by atoms with Gasteiger partial charge in [0.05, 0.1) is 0 Å². The van der Waals surface area contributed by atoms with Crippen molar-refractivity contribution >= 4 is 17.7 Å². The summed E-state index contributed by atoms with van der Waals surface area (Å²) in [6, 6.07) is 0. The SMILES string of the molecule is CSCCCNC(=O)/C=C/C(C)(C)C. The van der Waals surface area contributed by atoms with Crippen molar-refractivity contribution in [2.24, 2.45) is 5.41 Å². The molecule has 0 saturated carbocycles. The van der Waals surface area contributed by atoms with Crippen LogP contribution in [0.2, 0.25) is 0 Å². The van der Waals surface area contributed by atoms with E-state index in [9.17, 15) is 4.79 Å². The Morgan fingerprint density at radius 2 is 2.07 bits per heavy atom. The lowest BCUT2D eigenvalue weighted by atomic mass is 9.96. The Bertz CT molecular complexity index is 194. The van der Waals surface area contributed by atoms with Crippen molar-refractivity contribution < 1.29 is 4.79 Å². The summed E-state index contributed by atoms with van der Waals surface area (Å²) in [5.74, 6) is 1.12. The Morgan fingerprint density at radius 1 is 1.43 bits per heavy atom. The lowest BCUT2D eigenvalue weighted by Crippen LogP contribution is -2.23. The Balaban J connectivity index is 3.61. The van der Waals surface area contributed by atoms with Crippen LogP contribution < -0.4 is 5.32 Å². The van der Waals surface area contributed by atoms with Gasteiger partial charge in [0, 0.05) is 6.54 Å². The number of nitrogens with one attached hydrogen (secondary N) is 1. The van der Waals surface area contributed by atoms with Gasteiger partial charge in [-0.25, -0.2) is 0 Å². The molecule has 1 N–H and O–H groups in total. The van der Waals surface area contributed by atoms with E-state index in [1.807, 2.05) is 6.08 Å². The van der Waals surface area contributed by atoms with Crippen LogP contribution in [0, 0.1) is 5.41 Å². The quantitative estimate of drug-likeness (QED) is 0.564. The minimum Gasteiger partial charge on any atom is -0.353 e. The maximum absolute atomic E-state index is 11.2. The van der Waals surface area contributed by atoms with Gasteiger partial charge in [-0.05, 0) is 29.9 Å². The van der Waals surface area contributed by atoms with Gasteiger partial charge in [0.15, 0.2) is 0 Å². The molecule has 0 aromatic carbocycles. The highest BCUT2D eigenvalue weighted by atomic mass is 32.2. The number of hydrogen-bond donors (Lipinski definition) is 1. The fourth-order valence-electron chi connectivity index (χ4n) is 0.813. The second-order valence-electron chi connectivity index (χ2n) is 4.34. The van der Waals surface area contributed by atoms with Crippen molar-refractivity contribution in [3.63, 3.8) is 0 Å². The standard InChI is InChI=1S/C11H21NOS/c1-11(2,3)7-6-10(13)12-8-5-9-14-4/h6-7H,5,8-9H2,1-4H3,(H,12,13)/b7-6+. The van der Waals surface area contributed by atoms with Gasteiger partial charge in [-0.2, -0.15) is 11.8 Å². The first-order valence-corrected chi connectivity index (χ1v) is 6.31. The predicted octanol–water partition coefficient (Wildman–Crippen LogP) is 2.46. The summed E-state index contributed by atoms with van der Waals surface area (Å²) < 4.78 is 0. The summed E-state index contributed by atoms with van der Waals surface area (Å²) in [7, 11) is 0. The molecule has 0 atom stereocenters. The normalized spacial score (nSPS) is 12.0. The third-order valence-electron chi connectivity index (χ3n) is 1.56. The molecule has 1 amide bonds. The highest BCUT2D eigenvalue weighted by molar-refractivity contribution is 7.98. The Hall–Kier alpha value is -0.440. The van der Waals surface area contributed by atoms with E-state index in [0.29, 0.717) is 0 Å². The molecule has 0 unspecified atom stereocenters. The largest absolute Gasteiger partial charge is 0.353 e. The maximum Gasteiger partial charge on any atom is 0.243 e. The number of hydrogen-bond acceptors (Lipinski definition) is 2. The highest BCUT2D eigenvalue weighted by Gasteiger charge is 2.04. The average Bonchev–Trinajstić information content (AvgIpc) is 2.08. The molecule has 0 aliphatic carbocycles. The van der Waals surface area contributed by atoms with E-state index < -0.39 is 0 Å². The van der Waals surface area contributed by atoms with Gasteiger partial charge in [0.1, 0.15) is 0 Å². The van der Waals surface area contributed by atoms with Gasteiger partial charge < -0.3 is 5.32 Å². The van der Waals surface area contributed by atoms with E-state index in [-0.39, 0.29) is 11.3 Å². The molecule has 3 heteroatoms. The van der Waals surface area contributed by atoms with Crippen LogP contribution in [-0.2, 0) is 4.79 Å². The molecule has 2 nitrogen and oxygen atoms in total. The second kappa shape index (κ2) is 6.93. The summed E-state index contributed by atoms with van der Waals surface area (Å²) >= 11 is 1.80. The second-order valence-corrected chi connectivity index (χ2v) is 5.32. The summed E-state index contributed by atoms with van der Waals surface area (Å²) in [4.78, 5) is 11.2. The van der Waals surface area contributed by atoms with Gasteiger partial charge in [0.25, 0.3) is 0 Å². The molecule has 0 spiro atoms. The Labute approximate surface area is 91.5 Å². The molecular weight excluding hydrogens is 194 g/mol. The van der Waals surface area contributed by atoms with Crippen molar-refractivity contribution in [2.75, 3.05) is 18.6 Å². The van der Waals surface area contributed by atoms with Crippen LogP contribution in [-0.4, -0.2) is 24.5 Å². The summed E-state index contributed by atoms with van der Waals surface area (Å²) in [6.45, 7) is 6.99. The monoisotopic (exact) mass is 215 g/mol. The van der Waals surface area contributed by atoms with E-state index in [1.54, 1.807) is 17.8 Å². The number of carbonyl (C=O) groups excluding carboxylic acids is 1. The molecular formula is C11H21NOS. The number of rotatable bonds is 5. The fourth-order valence-corrected chi connectivity index (χ4v) is 1.25. The Morgan fingerprint density at radius 3 is 2.57 bits per heavy atom. The number of thioether (sulfide) groups is 1. The van der Waals surface area contributed by atoms with Crippen molar-refractivity contribution in [3.8, 4) is 0 Å². The molecule has 0 saturated heterocycles. The molecule has 14 heavy (non-hydrogen) atoms. The molecule has 0 radical (unpaired) electrons. The third-order valence-corrected chi connectivity index (χ3v) is 2.26. The molecule has 0 aromatic heterocycles. The van der Waals surface area contributed by atoms with E-state index in [2.05, 4.69) is 32.3 Å². The maximum atomic E-state index is 11.2. The number of amides is 1. The van der Waals surface area contributed by atoms with Gasteiger partial charge >= 0.3 is 0 Å². The van der Waals surface area contributed by atoms with E-state index >= 15 is 0 Å². The molecule has 0 bridgehead atoms. The van der Waals surface area contributed by atoms with Crippen LogP contribution >= 0.6 is 11.8 Å². The lowest BCUT2D eigenvalue weighted by Gasteiger charge is -2.10. The van der Waals surface area contributed by atoms with Crippen LogP contribution in [0.1, 0.15) is 27.2 Å². The molecule has 0 heterocycles. The number of allylic oxidation sites excluding steroid dienone is 1. The van der Waals surface area contributed by atoms with Crippen molar-refractivity contribution in [1.82, 2.24) is 5.32 Å². The van der Waals surface area contributed by atoms with Gasteiger partial charge in [0.2, 0.25) is 5.91 Å². The minimum atomic E-state index is 0.0148. The highest BCUT2D eigenvalue weighted by Crippen LogP contribution is 2.13. The third kappa shape index (κ3) is 9.65. The first kappa shape index (κ1) is 13.6. The molecule has 82 valence electrons.